The lowest BCUT2D eigenvalue weighted by molar-refractivity contribution is -0.117. The molecule has 0 spiro atoms. The Morgan fingerprint density at radius 2 is 1.56 bits per heavy atom. The highest BCUT2D eigenvalue weighted by Crippen LogP contribution is 2.65. The molecular weight excluding hydrogens is 547 g/mol. The maximum absolute atomic E-state index is 13.6. The highest BCUT2D eigenvalue weighted by Gasteiger charge is 2.67. The van der Waals surface area contributed by atoms with Gasteiger partial charge in [-0.05, 0) is 54.1 Å². The Balaban J connectivity index is 1.51. The zero-order valence-corrected chi connectivity index (χ0v) is 20.8. The van der Waals surface area contributed by atoms with E-state index in [1.165, 1.54) is 24.3 Å². The first-order valence-corrected chi connectivity index (χ1v) is 11.7. The van der Waals surface area contributed by atoms with Crippen molar-refractivity contribution in [2.24, 2.45) is 5.92 Å². The number of rotatable bonds is 5. The normalized spacial score (nSPS) is 18.3. The van der Waals surface area contributed by atoms with Crippen molar-refractivity contribution in [1.29, 1.82) is 0 Å². The largest absolute Gasteiger partial charge is 0.399 e. The van der Waals surface area contributed by atoms with Gasteiger partial charge in [0.1, 0.15) is 10.2 Å². The molecule has 1 saturated carbocycles. The minimum Gasteiger partial charge on any atom is -0.399 e. The number of carbonyl (C=O) groups excluding carboxylic acids is 2. The van der Waals surface area contributed by atoms with Crippen LogP contribution in [0.25, 0.3) is 0 Å². The van der Waals surface area contributed by atoms with E-state index in [2.05, 4.69) is 10.6 Å². The molecule has 0 saturated heterocycles. The SMILES string of the molecule is Nc1cc(F)cc(NC(=O)c2cc(NC(=O)C3[C@H](c4ccc(Cl)c(Cl)c4)C3(Cl)Cl)ccc2Cl)c1. The Bertz CT molecular complexity index is 1300. The number of nitrogens with two attached hydrogens (primary N) is 1. The van der Waals surface area contributed by atoms with Gasteiger partial charge >= 0.3 is 0 Å². The van der Waals surface area contributed by atoms with Crippen LogP contribution in [0, 0.1) is 11.7 Å². The molecule has 4 N–H and O–H groups in total. The highest BCUT2D eigenvalue weighted by atomic mass is 35.5. The van der Waals surface area contributed by atoms with Crippen LogP contribution < -0.4 is 16.4 Å². The first-order chi connectivity index (χ1) is 16.0. The smallest absolute Gasteiger partial charge is 0.257 e. The zero-order valence-electron chi connectivity index (χ0n) is 17.0. The van der Waals surface area contributed by atoms with Crippen LogP contribution in [0.5, 0.6) is 0 Å². The average Bonchev–Trinajstić information content (AvgIpc) is 3.32. The van der Waals surface area contributed by atoms with Crippen molar-refractivity contribution in [2.45, 2.75) is 10.3 Å². The summed E-state index contributed by atoms with van der Waals surface area (Å²) in [5.74, 6) is -2.94. The van der Waals surface area contributed by atoms with Crippen molar-refractivity contribution in [1.82, 2.24) is 0 Å². The molecule has 34 heavy (non-hydrogen) atoms. The first kappa shape index (κ1) is 24.9. The van der Waals surface area contributed by atoms with Gasteiger partial charge in [0.15, 0.2) is 0 Å². The van der Waals surface area contributed by atoms with E-state index in [1.807, 2.05) is 0 Å². The second-order valence-corrected chi connectivity index (χ2v) is 10.4. The molecule has 0 bridgehead atoms. The van der Waals surface area contributed by atoms with Crippen molar-refractivity contribution in [2.75, 3.05) is 16.4 Å². The second-order valence-electron chi connectivity index (χ2n) is 7.71. The van der Waals surface area contributed by atoms with Crippen molar-refractivity contribution in [3.8, 4) is 0 Å². The fourth-order valence-electron chi connectivity index (χ4n) is 3.65. The van der Waals surface area contributed by atoms with E-state index >= 15 is 0 Å². The van der Waals surface area contributed by atoms with Gasteiger partial charge in [0.25, 0.3) is 5.91 Å². The van der Waals surface area contributed by atoms with E-state index in [0.717, 1.165) is 12.1 Å². The summed E-state index contributed by atoms with van der Waals surface area (Å²) in [4.78, 5) is 25.6. The molecule has 0 radical (unpaired) electrons. The third-order valence-corrected chi connectivity index (χ3v) is 7.30. The first-order valence-electron chi connectivity index (χ1n) is 9.78. The Morgan fingerprint density at radius 3 is 2.24 bits per heavy atom. The van der Waals surface area contributed by atoms with Crippen LogP contribution in [0.1, 0.15) is 21.8 Å². The third kappa shape index (κ3) is 5.07. The number of carbonyl (C=O) groups is 2. The highest BCUT2D eigenvalue weighted by molar-refractivity contribution is 6.53. The summed E-state index contributed by atoms with van der Waals surface area (Å²) in [5.41, 5.74) is 6.93. The van der Waals surface area contributed by atoms with E-state index in [1.54, 1.807) is 18.2 Å². The molecule has 2 atom stereocenters. The molecule has 2 amide bonds. The Hall–Kier alpha value is -2.22. The molecule has 11 heteroatoms. The fourth-order valence-corrected chi connectivity index (χ4v) is 4.99. The molecule has 1 aliphatic rings. The number of hydrogen-bond acceptors (Lipinski definition) is 3. The Labute approximate surface area is 219 Å². The lowest BCUT2D eigenvalue weighted by Crippen LogP contribution is -2.18. The van der Waals surface area contributed by atoms with Crippen LogP contribution in [0.15, 0.2) is 54.6 Å². The second kappa shape index (κ2) is 9.44. The maximum Gasteiger partial charge on any atom is 0.257 e. The third-order valence-electron chi connectivity index (χ3n) is 5.30. The van der Waals surface area contributed by atoms with Gasteiger partial charge in [-0.3, -0.25) is 9.59 Å². The lowest BCUT2D eigenvalue weighted by Gasteiger charge is -2.11. The maximum atomic E-state index is 13.6. The van der Waals surface area contributed by atoms with Crippen LogP contribution in [0.2, 0.25) is 15.1 Å². The minimum atomic E-state index is -1.34. The van der Waals surface area contributed by atoms with Crippen molar-refractivity contribution in [3.63, 3.8) is 0 Å². The fraction of sp³-hybridized carbons (Fsp3) is 0.130. The number of alkyl halides is 2. The van der Waals surface area contributed by atoms with Gasteiger partial charge in [0.2, 0.25) is 5.91 Å². The summed E-state index contributed by atoms with van der Waals surface area (Å²) in [6.45, 7) is 0. The molecule has 0 aromatic heterocycles. The molecule has 0 aliphatic heterocycles. The number of nitrogen functional groups attached to an aromatic ring is 1. The number of halogens is 6. The topological polar surface area (TPSA) is 84.2 Å². The number of benzene rings is 3. The van der Waals surface area contributed by atoms with Gasteiger partial charge in [0.05, 0.1) is 26.5 Å². The molecule has 1 aliphatic carbocycles. The van der Waals surface area contributed by atoms with Crippen LogP contribution in [0.4, 0.5) is 21.5 Å². The molecule has 1 fully saturated rings. The standard InChI is InChI=1S/C23H15Cl5FN3O2/c24-16-4-2-13(9-15(16)21(33)32-14-7-11(29)6-12(30)8-14)31-22(34)20-19(23(20,27)28)10-1-3-17(25)18(26)5-10/h1-9,19-20H,30H2,(H,31,34)(H,32,33)/t19-,20?/m0/s1. The van der Waals surface area contributed by atoms with Crippen molar-refractivity contribution >= 4 is 86.9 Å². The van der Waals surface area contributed by atoms with Crippen molar-refractivity contribution < 1.29 is 14.0 Å². The summed E-state index contributed by atoms with van der Waals surface area (Å²) in [5, 5.41) is 6.05. The Morgan fingerprint density at radius 1 is 0.853 bits per heavy atom. The van der Waals surface area contributed by atoms with Gasteiger partial charge in [-0.15, -0.1) is 23.2 Å². The molecule has 3 aromatic carbocycles. The quantitative estimate of drug-likeness (QED) is 0.229. The molecule has 3 aromatic rings. The number of hydrogen-bond donors (Lipinski definition) is 3. The van der Waals surface area contributed by atoms with Crippen LogP contribution in [-0.2, 0) is 4.79 Å². The Kier molecular flexibility index (Phi) is 6.91. The van der Waals surface area contributed by atoms with Crippen LogP contribution in [0.3, 0.4) is 0 Å². The van der Waals surface area contributed by atoms with Crippen LogP contribution >= 0.6 is 58.0 Å². The van der Waals surface area contributed by atoms with E-state index < -0.39 is 33.8 Å². The van der Waals surface area contributed by atoms with Gasteiger partial charge in [-0.2, -0.15) is 0 Å². The molecule has 176 valence electrons. The summed E-state index contributed by atoms with van der Waals surface area (Å²) >= 11 is 31.0. The molecule has 5 nitrogen and oxygen atoms in total. The zero-order chi connectivity index (χ0) is 24.8. The van der Waals surface area contributed by atoms with Gasteiger partial charge < -0.3 is 16.4 Å². The number of amides is 2. The van der Waals surface area contributed by atoms with E-state index in [4.69, 9.17) is 63.7 Å². The van der Waals surface area contributed by atoms with Crippen molar-refractivity contribution in [3.05, 3.63) is 86.6 Å². The minimum absolute atomic E-state index is 0.0575. The summed E-state index contributed by atoms with van der Waals surface area (Å²) in [7, 11) is 0. The molecule has 0 heterocycles. The summed E-state index contributed by atoms with van der Waals surface area (Å²) in [6, 6.07) is 12.9. The summed E-state index contributed by atoms with van der Waals surface area (Å²) < 4.78 is 12.2. The lowest BCUT2D eigenvalue weighted by atomic mass is 10.1. The predicted octanol–water partition coefficient (Wildman–Crippen LogP) is 7.15. The van der Waals surface area contributed by atoms with Crippen LogP contribution in [-0.4, -0.2) is 16.1 Å². The van der Waals surface area contributed by atoms with E-state index in [-0.39, 0.29) is 22.0 Å². The van der Waals surface area contributed by atoms with Gasteiger partial charge in [-0.25, -0.2) is 4.39 Å². The summed E-state index contributed by atoms with van der Waals surface area (Å²) in [6.07, 6.45) is 0. The molecule has 4 rings (SSSR count). The van der Waals surface area contributed by atoms with E-state index in [9.17, 15) is 14.0 Å². The molecule has 1 unspecified atom stereocenters. The van der Waals surface area contributed by atoms with Gasteiger partial charge in [0, 0.05) is 23.0 Å². The predicted molar refractivity (Wildman–Crippen MR) is 136 cm³/mol. The van der Waals surface area contributed by atoms with Gasteiger partial charge in [-0.1, -0.05) is 40.9 Å². The monoisotopic (exact) mass is 559 g/mol. The van der Waals surface area contributed by atoms with E-state index in [0.29, 0.717) is 21.3 Å². The number of nitrogens with one attached hydrogen (secondary N) is 2. The number of anilines is 3. The average molecular weight is 562 g/mol. The molecular formula is C23H15Cl5FN3O2.